The summed E-state index contributed by atoms with van der Waals surface area (Å²) < 4.78 is 14.3. The highest BCUT2D eigenvalue weighted by Crippen LogP contribution is 2.44. The van der Waals surface area contributed by atoms with Gasteiger partial charge < -0.3 is 18.9 Å². The van der Waals surface area contributed by atoms with Gasteiger partial charge in [-0.2, -0.15) is 5.26 Å². The maximum absolute atomic E-state index is 13.0. The molecule has 3 aromatic rings. The zero-order valence-corrected chi connectivity index (χ0v) is 20.1. The summed E-state index contributed by atoms with van der Waals surface area (Å²) in [4.78, 5) is 24.0. The molecule has 1 aliphatic carbocycles. The van der Waals surface area contributed by atoms with Crippen molar-refractivity contribution in [1.82, 2.24) is 19.4 Å². The lowest BCUT2D eigenvalue weighted by atomic mass is 9.82. The summed E-state index contributed by atoms with van der Waals surface area (Å²) in [5.74, 6) is 1.17. The van der Waals surface area contributed by atoms with Gasteiger partial charge in [-0.3, -0.25) is 0 Å². The van der Waals surface area contributed by atoms with Gasteiger partial charge in [-0.05, 0) is 88.6 Å². The Morgan fingerprint density at radius 1 is 1.14 bits per heavy atom. The number of rotatable bonds is 4. The van der Waals surface area contributed by atoms with E-state index in [0.29, 0.717) is 17.2 Å². The van der Waals surface area contributed by atoms with Crippen LogP contribution < -0.4 is 4.74 Å². The van der Waals surface area contributed by atoms with Crippen molar-refractivity contribution in [3.05, 3.63) is 47.9 Å². The van der Waals surface area contributed by atoms with E-state index >= 15 is 0 Å². The van der Waals surface area contributed by atoms with Crippen LogP contribution in [0.2, 0.25) is 0 Å². The summed E-state index contributed by atoms with van der Waals surface area (Å²) in [6.45, 7) is 3.97. The van der Waals surface area contributed by atoms with E-state index in [0.717, 1.165) is 61.5 Å². The number of piperidine rings is 1. The third kappa shape index (κ3) is 3.79. The molecule has 2 unspecified atom stereocenters. The fourth-order valence-corrected chi connectivity index (χ4v) is 5.98. The van der Waals surface area contributed by atoms with Gasteiger partial charge in [0.05, 0.1) is 17.0 Å². The number of hydrogen-bond donors (Lipinski definition) is 0. The number of hydrogen-bond acceptors (Lipinski definition) is 6. The second-order valence-corrected chi connectivity index (χ2v) is 10.4. The molecule has 1 aromatic carbocycles. The van der Waals surface area contributed by atoms with Crippen molar-refractivity contribution in [2.75, 3.05) is 0 Å². The summed E-state index contributed by atoms with van der Waals surface area (Å²) in [5.41, 5.74) is 2.04. The van der Waals surface area contributed by atoms with Gasteiger partial charge in [0.1, 0.15) is 23.3 Å². The number of ether oxygens (including phenoxy) is 2. The molecule has 2 aliphatic heterocycles. The first-order valence-corrected chi connectivity index (χ1v) is 12.5. The SMILES string of the molecule is Cc1cc(C#N)ccc1Oc1ncnc2c1ccn2C1CC2CCC(C1)N2C(=O)OC1(C)CCC1. The second-order valence-electron chi connectivity index (χ2n) is 10.4. The highest BCUT2D eigenvalue weighted by atomic mass is 16.6. The van der Waals surface area contributed by atoms with E-state index in [9.17, 15) is 4.79 Å². The van der Waals surface area contributed by atoms with E-state index in [1.54, 1.807) is 18.2 Å². The van der Waals surface area contributed by atoms with E-state index < -0.39 is 0 Å². The predicted octanol–water partition coefficient (Wildman–Crippen LogP) is 5.65. The molecule has 8 heteroatoms. The minimum atomic E-state index is -0.273. The van der Waals surface area contributed by atoms with Crippen molar-refractivity contribution in [2.24, 2.45) is 0 Å². The molecule has 2 aromatic heterocycles. The molecule has 1 saturated carbocycles. The Morgan fingerprint density at radius 2 is 1.91 bits per heavy atom. The van der Waals surface area contributed by atoms with Crippen molar-refractivity contribution < 1.29 is 14.3 Å². The third-order valence-electron chi connectivity index (χ3n) is 8.04. The van der Waals surface area contributed by atoms with Crippen molar-refractivity contribution >= 4 is 17.1 Å². The van der Waals surface area contributed by atoms with Crippen molar-refractivity contribution in [3.8, 4) is 17.7 Å². The first-order chi connectivity index (χ1) is 16.9. The summed E-state index contributed by atoms with van der Waals surface area (Å²) >= 11 is 0. The molecule has 3 fully saturated rings. The van der Waals surface area contributed by atoms with Crippen LogP contribution in [0.1, 0.15) is 69.0 Å². The average Bonchev–Trinajstić information content (AvgIpc) is 3.38. The summed E-state index contributed by atoms with van der Waals surface area (Å²) in [5, 5.41) is 9.97. The van der Waals surface area contributed by atoms with Gasteiger partial charge in [0.25, 0.3) is 0 Å². The smallest absolute Gasteiger partial charge is 0.410 e. The minimum absolute atomic E-state index is 0.133. The molecule has 180 valence electrons. The van der Waals surface area contributed by atoms with Crippen LogP contribution in [0.25, 0.3) is 11.0 Å². The molecular weight excluding hydrogens is 442 g/mol. The number of aromatic nitrogens is 3. The Labute approximate surface area is 204 Å². The van der Waals surface area contributed by atoms with Crippen LogP contribution in [0.5, 0.6) is 11.6 Å². The van der Waals surface area contributed by atoms with Crippen LogP contribution in [-0.4, -0.2) is 43.2 Å². The third-order valence-corrected chi connectivity index (χ3v) is 8.04. The molecule has 3 aliphatic rings. The summed E-state index contributed by atoms with van der Waals surface area (Å²) in [6.07, 6.45) is 10.4. The number of aryl methyl sites for hydroxylation is 1. The van der Waals surface area contributed by atoms with Crippen molar-refractivity contribution in [2.45, 2.75) is 82.5 Å². The number of nitriles is 1. The fourth-order valence-electron chi connectivity index (χ4n) is 5.98. The van der Waals surface area contributed by atoms with Crippen LogP contribution in [0.3, 0.4) is 0 Å². The first kappa shape index (κ1) is 21.9. The molecule has 2 atom stereocenters. The topological polar surface area (TPSA) is 93.3 Å². The number of benzene rings is 1. The van der Waals surface area contributed by atoms with Gasteiger partial charge in [-0.1, -0.05) is 0 Å². The van der Waals surface area contributed by atoms with Crippen LogP contribution in [0.4, 0.5) is 4.79 Å². The molecule has 35 heavy (non-hydrogen) atoms. The van der Waals surface area contributed by atoms with Gasteiger partial charge in [-0.25, -0.2) is 14.8 Å². The minimum Gasteiger partial charge on any atom is -0.443 e. The van der Waals surface area contributed by atoms with Gasteiger partial charge in [0, 0.05) is 24.3 Å². The Hall–Kier alpha value is -3.60. The summed E-state index contributed by atoms with van der Waals surface area (Å²) in [6, 6.07) is 10.2. The zero-order valence-electron chi connectivity index (χ0n) is 20.1. The summed E-state index contributed by atoms with van der Waals surface area (Å²) in [7, 11) is 0. The maximum Gasteiger partial charge on any atom is 0.410 e. The Morgan fingerprint density at radius 3 is 2.57 bits per heavy atom. The number of carbonyl (C=O) groups is 1. The molecule has 1 amide bonds. The Balaban J connectivity index is 1.22. The zero-order chi connectivity index (χ0) is 24.2. The van der Waals surface area contributed by atoms with E-state index in [1.165, 1.54) is 6.33 Å². The quantitative estimate of drug-likeness (QED) is 0.488. The highest BCUT2D eigenvalue weighted by molar-refractivity contribution is 5.81. The lowest BCUT2D eigenvalue weighted by Crippen LogP contribution is -2.50. The van der Waals surface area contributed by atoms with Gasteiger partial charge in [0.2, 0.25) is 5.88 Å². The molecule has 4 heterocycles. The number of fused-ring (bicyclic) bond motifs is 3. The maximum atomic E-state index is 13.0. The average molecular weight is 472 g/mol. The molecule has 8 nitrogen and oxygen atoms in total. The van der Waals surface area contributed by atoms with Gasteiger partial charge in [-0.15, -0.1) is 0 Å². The molecule has 0 N–H and O–H groups in total. The van der Waals surface area contributed by atoms with Crippen LogP contribution in [-0.2, 0) is 4.74 Å². The standard InChI is InChI=1S/C27H29N5O3/c1-17-12-18(15-28)4-7-23(17)34-25-22-8-11-31(24(22)29-16-30-25)21-13-19-5-6-20(14-21)32(19)26(33)35-27(2)9-3-10-27/h4,7-8,11-12,16,19-21H,3,5-6,9-10,13-14H2,1-2H3. The molecular formula is C27H29N5O3. The van der Waals surface area contributed by atoms with Crippen molar-refractivity contribution in [1.29, 1.82) is 5.26 Å². The van der Waals surface area contributed by atoms with E-state index in [-0.39, 0.29) is 29.8 Å². The second kappa shape index (κ2) is 8.26. The Kier molecular flexibility index (Phi) is 5.17. The van der Waals surface area contributed by atoms with Gasteiger partial charge >= 0.3 is 6.09 Å². The molecule has 2 bridgehead atoms. The highest BCUT2D eigenvalue weighted by Gasteiger charge is 2.47. The lowest BCUT2D eigenvalue weighted by molar-refractivity contribution is -0.0577. The number of carbonyl (C=O) groups excluding carboxylic acids is 1. The molecule has 6 rings (SSSR count). The first-order valence-electron chi connectivity index (χ1n) is 12.5. The van der Waals surface area contributed by atoms with E-state index in [2.05, 4.69) is 26.8 Å². The van der Waals surface area contributed by atoms with Crippen LogP contribution >= 0.6 is 0 Å². The van der Waals surface area contributed by atoms with Crippen molar-refractivity contribution in [3.63, 3.8) is 0 Å². The van der Waals surface area contributed by atoms with Crippen LogP contribution in [0, 0.1) is 18.3 Å². The predicted molar refractivity (Wildman–Crippen MR) is 129 cm³/mol. The number of amides is 1. The normalized spacial score (nSPS) is 24.6. The Bertz CT molecular complexity index is 1320. The largest absolute Gasteiger partial charge is 0.443 e. The molecule has 2 saturated heterocycles. The number of nitrogens with zero attached hydrogens (tertiary/aromatic N) is 5. The monoisotopic (exact) mass is 471 g/mol. The molecule has 0 spiro atoms. The van der Waals surface area contributed by atoms with Gasteiger partial charge in [0.15, 0.2) is 0 Å². The van der Waals surface area contributed by atoms with E-state index in [1.807, 2.05) is 24.8 Å². The molecule has 0 radical (unpaired) electrons. The van der Waals surface area contributed by atoms with E-state index in [4.69, 9.17) is 14.7 Å². The fraction of sp³-hybridized carbons (Fsp3) is 0.481. The lowest BCUT2D eigenvalue weighted by Gasteiger charge is -2.43. The van der Waals surface area contributed by atoms with Crippen LogP contribution in [0.15, 0.2) is 36.8 Å².